The first-order chi connectivity index (χ1) is 8.49. The minimum absolute atomic E-state index is 0.193. The van der Waals surface area contributed by atoms with Crippen LogP contribution in [0.15, 0.2) is 12.3 Å². The van der Waals surface area contributed by atoms with Crippen LogP contribution >= 0.6 is 11.3 Å². The van der Waals surface area contributed by atoms with Crippen LogP contribution < -0.4 is 4.90 Å². The lowest BCUT2D eigenvalue weighted by Crippen LogP contribution is -2.29. The molecule has 2 amide bonds. The van der Waals surface area contributed by atoms with Gasteiger partial charge in [-0.1, -0.05) is 18.3 Å². The number of thiazole rings is 1. The summed E-state index contributed by atoms with van der Waals surface area (Å²) < 4.78 is 0. The number of carboxylic acids is 1. The van der Waals surface area contributed by atoms with Crippen LogP contribution in [0.1, 0.15) is 18.2 Å². The zero-order chi connectivity index (χ0) is 13.3. The number of aliphatic carboxylic acids is 1. The standard InChI is InChI=1S/C11H10N2O4S/c1-6-4-8(14)13(10(6)17)11-12-5-7(18-11)2-3-9(15)16/h2-3,5-6H,4H2,1H3,(H,15,16)/b3-2+. The van der Waals surface area contributed by atoms with Gasteiger partial charge >= 0.3 is 5.97 Å². The van der Waals surface area contributed by atoms with Gasteiger partial charge in [-0.2, -0.15) is 0 Å². The first-order valence-corrected chi connectivity index (χ1v) is 6.04. The maximum atomic E-state index is 11.8. The summed E-state index contributed by atoms with van der Waals surface area (Å²) in [5.74, 6) is -1.91. The van der Waals surface area contributed by atoms with Crippen molar-refractivity contribution in [3.05, 3.63) is 17.2 Å². The second kappa shape index (κ2) is 4.69. The van der Waals surface area contributed by atoms with Gasteiger partial charge in [0.25, 0.3) is 0 Å². The Hall–Kier alpha value is -2.02. The van der Waals surface area contributed by atoms with E-state index >= 15 is 0 Å². The van der Waals surface area contributed by atoms with E-state index in [9.17, 15) is 14.4 Å². The van der Waals surface area contributed by atoms with Crippen LogP contribution in [0.3, 0.4) is 0 Å². The second-order valence-corrected chi connectivity index (χ2v) is 4.93. The molecule has 0 bridgehead atoms. The summed E-state index contributed by atoms with van der Waals surface area (Å²) in [6.45, 7) is 1.69. The van der Waals surface area contributed by atoms with Crippen LogP contribution in [-0.2, 0) is 14.4 Å². The average Bonchev–Trinajstić information content (AvgIpc) is 2.83. The van der Waals surface area contributed by atoms with Crippen molar-refractivity contribution >= 4 is 40.3 Å². The van der Waals surface area contributed by atoms with Crippen molar-refractivity contribution in [1.29, 1.82) is 0 Å². The minimum Gasteiger partial charge on any atom is -0.478 e. The number of rotatable bonds is 3. The summed E-state index contributed by atoms with van der Waals surface area (Å²) in [7, 11) is 0. The van der Waals surface area contributed by atoms with Crippen molar-refractivity contribution in [1.82, 2.24) is 4.98 Å². The SMILES string of the molecule is CC1CC(=O)N(c2ncc(/C=C/C(=O)O)s2)C1=O. The molecule has 18 heavy (non-hydrogen) atoms. The Balaban J connectivity index is 2.23. The number of nitrogens with zero attached hydrogens (tertiary/aromatic N) is 2. The van der Waals surface area contributed by atoms with Crippen LogP contribution in [0.2, 0.25) is 0 Å². The molecule has 0 aromatic carbocycles. The van der Waals surface area contributed by atoms with Gasteiger partial charge in [-0.3, -0.25) is 9.59 Å². The fourth-order valence-electron chi connectivity index (χ4n) is 1.60. The third kappa shape index (κ3) is 2.30. The molecular weight excluding hydrogens is 256 g/mol. The Morgan fingerprint density at radius 1 is 1.61 bits per heavy atom. The van der Waals surface area contributed by atoms with Crippen LogP contribution in [-0.4, -0.2) is 27.9 Å². The largest absolute Gasteiger partial charge is 0.478 e. The molecule has 2 rings (SSSR count). The Bertz CT molecular complexity index is 549. The maximum absolute atomic E-state index is 11.8. The molecule has 1 fully saturated rings. The summed E-state index contributed by atoms with van der Waals surface area (Å²) in [6.07, 6.45) is 3.98. The highest BCUT2D eigenvalue weighted by molar-refractivity contribution is 7.16. The molecule has 1 N–H and O–H groups in total. The Morgan fingerprint density at radius 2 is 2.33 bits per heavy atom. The number of amides is 2. The topological polar surface area (TPSA) is 87.6 Å². The van der Waals surface area contributed by atoms with Gasteiger partial charge in [0.1, 0.15) is 0 Å². The monoisotopic (exact) mass is 266 g/mol. The lowest BCUT2D eigenvalue weighted by Gasteiger charge is -2.09. The normalized spacial score (nSPS) is 20.1. The first kappa shape index (κ1) is 12.4. The molecule has 0 radical (unpaired) electrons. The molecule has 1 aromatic heterocycles. The van der Waals surface area contributed by atoms with Gasteiger partial charge in [0.2, 0.25) is 11.8 Å². The lowest BCUT2D eigenvalue weighted by atomic mass is 10.1. The van der Waals surface area contributed by atoms with Crippen LogP contribution in [0.5, 0.6) is 0 Å². The fraction of sp³-hybridized carbons (Fsp3) is 0.273. The highest BCUT2D eigenvalue weighted by Gasteiger charge is 2.38. The molecule has 2 heterocycles. The van der Waals surface area contributed by atoms with Crippen molar-refractivity contribution in [2.45, 2.75) is 13.3 Å². The van der Waals surface area contributed by atoms with Gasteiger partial charge in [0.05, 0.1) is 0 Å². The minimum atomic E-state index is -1.06. The highest BCUT2D eigenvalue weighted by atomic mass is 32.1. The Kier molecular flexibility index (Phi) is 3.24. The van der Waals surface area contributed by atoms with Gasteiger partial charge in [0, 0.05) is 29.5 Å². The van der Waals surface area contributed by atoms with E-state index in [-0.39, 0.29) is 24.2 Å². The lowest BCUT2D eigenvalue weighted by molar-refractivity contribution is -0.131. The summed E-state index contributed by atoms with van der Waals surface area (Å²) in [6, 6.07) is 0. The number of anilines is 1. The Labute approximate surface area is 107 Å². The summed E-state index contributed by atoms with van der Waals surface area (Å²) >= 11 is 1.10. The number of carboxylic acid groups (broad SMARTS) is 1. The molecule has 94 valence electrons. The van der Waals surface area contributed by atoms with E-state index in [0.29, 0.717) is 10.0 Å². The van der Waals surface area contributed by atoms with E-state index in [0.717, 1.165) is 22.3 Å². The predicted octanol–water partition coefficient (Wildman–Crippen LogP) is 1.14. The highest BCUT2D eigenvalue weighted by Crippen LogP contribution is 2.30. The number of carbonyl (C=O) groups excluding carboxylic acids is 2. The van der Waals surface area contributed by atoms with Gasteiger partial charge in [0.15, 0.2) is 5.13 Å². The van der Waals surface area contributed by atoms with Gasteiger partial charge < -0.3 is 5.11 Å². The van der Waals surface area contributed by atoms with Crippen LogP contribution in [0.4, 0.5) is 5.13 Å². The summed E-state index contributed by atoms with van der Waals surface area (Å²) in [5, 5.41) is 8.78. The molecule has 1 aliphatic rings. The fourth-order valence-corrected chi connectivity index (χ4v) is 2.44. The summed E-state index contributed by atoms with van der Waals surface area (Å²) in [4.78, 5) is 39.4. The number of hydrogen-bond acceptors (Lipinski definition) is 5. The van der Waals surface area contributed by atoms with Crippen molar-refractivity contribution in [2.75, 3.05) is 4.90 Å². The second-order valence-electron chi connectivity index (χ2n) is 3.89. The van der Waals surface area contributed by atoms with Crippen LogP contribution in [0, 0.1) is 5.92 Å². The smallest absolute Gasteiger partial charge is 0.328 e. The number of imide groups is 1. The third-order valence-corrected chi connectivity index (χ3v) is 3.41. The van der Waals surface area contributed by atoms with Gasteiger partial charge in [-0.25, -0.2) is 14.7 Å². The number of carbonyl (C=O) groups is 3. The Morgan fingerprint density at radius 3 is 2.89 bits per heavy atom. The zero-order valence-electron chi connectivity index (χ0n) is 9.49. The first-order valence-electron chi connectivity index (χ1n) is 5.22. The molecule has 7 heteroatoms. The number of aromatic nitrogens is 1. The van der Waals surface area contributed by atoms with Crippen molar-refractivity contribution in [3.8, 4) is 0 Å². The van der Waals surface area contributed by atoms with E-state index < -0.39 is 5.97 Å². The van der Waals surface area contributed by atoms with E-state index in [2.05, 4.69) is 4.98 Å². The average molecular weight is 266 g/mol. The molecular formula is C11H10N2O4S. The molecule has 6 nitrogen and oxygen atoms in total. The van der Waals surface area contributed by atoms with E-state index in [1.165, 1.54) is 12.3 Å². The maximum Gasteiger partial charge on any atom is 0.328 e. The zero-order valence-corrected chi connectivity index (χ0v) is 10.3. The molecule has 1 aromatic rings. The van der Waals surface area contributed by atoms with Crippen molar-refractivity contribution in [3.63, 3.8) is 0 Å². The molecule has 0 spiro atoms. The molecule has 1 saturated heterocycles. The molecule has 1 atom stereocenters. The van der Waals surface area contributed by atoms with E-state index in [1.54, 1.807) is 6.92 Å². The quantitative estimate of drug-likeness (QED) is 0.654. The van der Waals surface area contributed by atoms with Crippen LogP contribution in [0.25, 0.3) is 6.08 Å². The predicted molar refractivity (Wildman–Crippen MR) is 65.1 cm³/mol. The molecule has 0 saturated carbocycles. The molecule has 1 aliphatic heterocycles. The summed E-state index contributed by atoms with van der Waals surface area (Å²) in [5.41, 5.74) is 0. The van der Waals surface area contributed by atoms with Gasteiger partial charge in [-0.15, -0.1) is 0 Å². The van der Waals surface area contributed by atoms with E-state index in [1.807, 2.05) is 0 Å². The number of hydrogen-bond donors (Lipinski definition) is 1. The van der Waals surface area contributed by atoms with Gasteiger partial charge in [-0.05, 0) is 6.08 Å². The van der Waals surface area contributed by atoms with E-state index in [4.69, 9.17) is 5.11 Å². The van der Waals surface area contributed by atoms with Crippen molar-refractivity contribution < 1.29 is 19.5 Å². The molecule has 0 aliphatic carbocycles. The molecule has 1 unspecified atom stereocenters. The van der Waals surface area contributed by atoms with Crippen molar-refractivity contribution in [2.24, 2.45) is 5.92 Å². The third-order valence-electron chi connectivity index (χ3n) is 2.46.